The number of carbonyl (C=O) groups is 2. The van der Waals surface area contributed by atoms with Gasteiger partial charge in [-0.1, -0.05) is 44.2 Å². The molecule has 0 saturated heterocycles. The molecule has 0 radical (unpaired) electrons. The molecule has 0 saturated carbocycles. The molecule has 0 fully saturated rings. The molecule has 28 heavy (non-hydrogen) atoms. The van der Waals surface area contributed by atoms with Gasteiger partial charge in [0.05, 0.1) is 0 Å². The van der Waals surface area contributed by atoms with Crippen LogP contribution in [0.2, 0.25) is 0 Å². The molecule has 0 bridgehead atoms. The summed E-state index contributed by atoms with van der Waals surface area (Å²) in [6.07, 6.45) is 0.799. The van der Waals surface area contributed by atoms with E-state index >= 15 is 0 Å². The van der Waals surface area contributed by atoms with Crippen LogP contribution in [-0.4, -0.2) is 16.4 Å². The lowest BCUT2D eigenvalue weighted by Gasteiger charge is -2.12. The topological polar surface area (TPSA) is 63.1 Å². The molecule has 0 spiro atoms. The number of anilines is 1. The van der Waals surface area contributed by atoms with Crippen molar-refractivity contribution in [3.05, 3.63) is 65.9 Å². The van der Waals surface area contributed by atoms with Gasteiger partial charge in [0.25, 0.3) is 5.91 Å². The minimum Gasteiger partial charge on any atom is -0.347 e. The molecule has 2 aromatic carbocycles. The summed E-state index contributed by atoms with van der Waals surface area (Å²) in [6, 6.07) is 17.5. The Balaban J connectivity index is 1.70. The highest BCUT2D eigenvalue weighted by molar-refractivity contribution is 5.98. The zero-order valence-corrected chi connectivity index (χ0v) is 16.7. The van der Waals surface area contributed by atoms with Crippen LogP contribution in [0.1, 0.15) is 43.2 Å². The van der Waals surface area contributed by atoms with E-state index in [-0.39, 0.29) is 17.7 Å². The molecular formula is C23H27N3O2. The molecule has 5 nitrogen and oxygen atoms in total. The number of hydrogen-bond donors (Lipinski definition) is 2. The normalized spacial score (nSPS) is 12.0. The Morgan fingerprint density at radius 2 is 1.82 bits per heavy atom. The molecule has 1 aromatic heterocycles. The lowest BCUT2D eigenvalue weighted by molar-refractivity contribution is -0.119. The number of benzene rings is 2. The fourth-order valence-electron chi connectivity index (χ4n) is 3.22. The Morgan fingerprint density at radius 3 is 2.57 bits per heavy atom. The number of nitrogens with zero attached hydrogens (tertiary/aromatic N) is 1. The summed E-state index contributed by atoms with van der Waals surface area (Å²) in [5.74, 6) is -0.123. The predicted molar refractivity (Wildman–Crippen MR) is 113 cm³/mol. The number of aryl methyl sites for hydroxylation is 1. The van der Waals surface area contributed by atoms with Gasteiger partial charge in [0, 0.05) is 35.6 Å². The van der Waals surface area contributed by atoms with E-state index in [1.807, 2.05) is 79.9 Å². The molecule has 0 aliphatic heterocycles. The lowest BCUT2D eigenvalue weighted by atomic mass is 10.1. The first-order valence-corrected chi connectivity index (χ1v) is 9.79. The molecule has 1 unspecified atom stereocenters. The minimum absolute atomic E-state index is 0.0103. The van der Waals surface area contributed by atoms with E-state index in [0.29, 0.717) is 12.2 Å². The number of rotatable bonds is 7. The largest absolute Gasteiger partial charge is 0.347 e. The van der Waals surface area contributed by atoms with Gasteiger partial charge in [-0.15, -0.1) is 0 Å². The fraction of sp³-hybridized carbons (Fsp3) is 0.304. The third-order valence-corrected chi connectivity index (χ3v) is 5.07. The quantitative estimate of drug-likeness (QED) is 0.633. The van der Waals surface area contributed by atoms with E-state index in [1.165, 1.54) is 0 Å². The van der Waals surface area contributed by atoms with Crippen LogP contribution in [0, 0.1) is 5.92 Å². The summed E-state index contributed by atoms with van der Waals surface area (Å²) < 4.78 is 2.02. The minimum atomic E-state index is -0.105. The van der Waals surface area contributed by atoms with Gasteiger partial charge >= 0.3 is 0 Å². The maximum Gasteiger partial charge on any atom is 0.268 e. The first kappa shape index (κ1) is 19.7. The molecule has 146 valence electrons. The highest BCUT2D eigenvalue weighted by atomic mass is 16.2. The first-order valence-electron chi connectivity index (χ1n) is 9.79. The number of aromatic nitrogens is 1. The van der Waals surface area contributed by atoms with Crippen molar-refractivity contribution in [1.29, 1.82) is 0 Å². The number of para-hydroxylation sites is 1. The van der Waals surface area contributed by atoms with Crippen molar-refractivity contribution < 1.29 is 9.59 Å². The smallest absolute Gasteiger partial charge is 0.268 e. The van der Waals surface area contributed by atoms with Gasteiger partial charge in [-0.2, -0.15) is 0 Å². The Kier molecular flexibility index (Phi) is 6.14. The standard InChI is InChI=1S/C23H27N3O2/c1-4-16(3)22(27)25-19-11-8-9-17(13-19)15-24-23(28)21-14-18-10-6-7-12-20(18)26(21)5-2/h6-14,16H,4-5,15H2,1-3H3,(H,24,28)(H,25,27). The summed E-state index contributed by atoms with van der Waals surface area (Å²) in [5, 5.41) is 6.98. The van der Waals surface area contributed by atoms with Gasteiger partial charge in [-0.05, 0) is 43.2 Å². The van der Waals surface area contributed by atoms with Crippen molar-refractivity contribution in [1.82, 2.24) is 9.88 Å². The Morgan fingerprint density at radius 1 is 1.04 bits per heavy atom. The van der Waals surface area contributed by atoms with Gasteiger partial charge in [0.15, 0.2) is 0 Å². The SMILES string of the molecule is CCC(C)C(=O)Nc1cccc(CNC(=O)c2cc3ccccc3n2CC)c1. The monoisotopic (exact) mass is 377 g/mol. The van der Waals surface area contributed by atoms with Crippen molar-refractivity contribution in [2.45, 2.75) is 40.3 Å². The van der Waals surface area contributed by atoms with Gasteiger partial charge in [-0.3, -0.25) is 9.59 Å². The molecule has 2 N–H and O–H groups in total. The number of nitrogens with one attached hydrogen (secondary N) is 2. The Hall–Kier alpha value is -3.08. The predicted octanol–water partition coefficient (Wildman–Crippen LogP) is 4.58. The average Bonchev–Trinajstić information content (AvgIpc) is 3.10. The lowest BCUT2D eigenvalue weighted by Crippen LogP contribution is -2.25. The van der Waals surface area contributed by atoms with Crippen LogP contribution in [0.25, 0.3) is 10.9 Å². The molecule has 2 amide bonds. The van der Waals surface area contributed by atoms with Crippen molar-refractivity contribution >= 4 is 28.4 Å². The van der Waals surface area contributed by atoms with Crippen molar-refractivity contribution in [3.63, 3.8) is 0 Å². The number of amides is 2. The van der Waals surface area contributed by atoms with Crippen LogP contribution in [0.3, 0.4) is 0 Å². The first-order chi connectivity index (χ1) is 13.5. The van der Waals surface area contributed by atoms with Gasteiger partial charge in [0.2, 0.25) is 5.91 Å². The van der Waals surface area contributed by atoms with Gasteiger partial charge in [-0.25, -0.2) is 0 Å². The number of carbonyl (C=O) groups excluding carboxylic acids is 2. The van der Waals surface area contributed by atoms with Gasteiger partial charge < -0.3 is 15.2 Å². The zero-order valence-electron chi connectivity index (χ0n) is 16.7. The summed E-state index contributed by atoms with van der Waals surface area (Å²) in [7, 11) is 0. The molecule has 0 aliphatic rings. The summed E-state index contributed by atoms with van der Waals surface area (Å²) in [6.45, 7) is 7.06. The summed E-state index contributed by atoms with van der Waals surface area (Å²) in [5.41, 5.74) is 3.41. The molecule has 3 aromatic rings. The average molecular weight is 377 g/mol. The van der Waals surface area contributed by atoms with E-state index in [1.54, 1.807) is 0 Å². The summed E-state index contributed by atoms with van der Waals surface area (Å²) in [4.78, 5) is 24.8. The maximum absolute atomic E-state index is 12.8. The Labute approximate surface area is 165 Å². The third-order valence-electron chi connectivity index (χ3n) is 5.07. The molecule has 1 heterocycles. The molecule has 5 heteroatoms. The van der Waals surface area contributed by atoms with Crippen LogP contribution in [0.5, 0.6) is 0 Å². The van der Waals surface area contributed by atoms with Crippen molar-refractivity contribution in [2.75, 3.05) is 5.32 Å². The van der Waals surface area contributed by atoms with Crippen LogP contribution in [0.4, 0.5) is 5.69 Å². The Bertz CT molecular complexity index is 990. The highest BCUT2D eigenvalue weighted by Gasteiger charge is 2.14. The van der Waals surface area contributed by atoms with Crippen LogP contribution in [0.15, 0.2) is 54.6 Å². The second kappa shape index (κ2) is 8.74. The highest BCUT2D eigenvalue weighted by Crippen LogP contribution is 2.20. The fourth-order valence-corrected chi connectivity index (χ4v) is 3.22. The molecular weight excluding hydrogens is 350 g/mol. The van der Waals surface area contributed by atoms with Crippen molar-refractivity contribution in [3.8, 4) is 0 Å². The molecule has 0 aliphatic carbocycles. The van der Waals surface area contributed by atoms with E-state index in [2.05, 4.69) is 10.6 Å². The second-order valence-electron chi connectivity index (χ2n) is 7.01. The van der Waals surface area contributed by atoms with Crippen LogP contribution >= 0.6 is 0 Å². The van der Waals surface area contributed by atoms with Crippen LogP contribution in [-0.2, 0) is 17.9 Å². The molecule has 3 rings (SSSR count). The summed E-state index contributed by atoms with van der Waals surface area (Å²) >= 11 is 0. The van der Waals surface area contributed by atoms with E-state index in [9.17, 15) is 9.59 Å². The zero-order chi connectivity index (χ0) is 20.1. The number of hydrogen-bond acceptors (Lipinski definition) is 2. The number of fused-ring (bicyclic) bond motifs is 1. The van der Waals surface area contributed by atoms with Gasteiger partial charge in [0.1, 0.15) is 5.69 Å². The maximum atomic E-state index is 12.8. The van der Waals surface area contributed by atoms with E-state index in [0.717, 1.165) is 35.1 Å². The second-order valence-corrected chi connectivity index (χ2v) is 7.01. The third kappa shape index (κ3) is 4.25. The van der Waals surface area contributed by atoms with E-state index in [4.69, 9.17) is 0 Å². The van der Waals surface area contributed by atoms with Crippen molar-refractivity contribution in [2.24, 2.45) is 5.92 Å². The van der Waals surface area contributed by atoms with Crippen LogP contribution < -0.4 is 10.6 Å². The molecule has 1 atom stereocenters. The van der Waals surface area contributed by atoms with E-state index < -0.39 is 0 Å².